The molecule has 0 radical (unpaired) electrons. The second kappa shape index (κ2) is 10.4. The van der Waals surface area contributed by atoms with Crippen molar-refractivity contribution in [2.24, 2.45) is 0 Å². The SMILES string of the molecule is COc1cc(/C=C/C(=O)N(Cc2ccccc2)Cc2nc3ccccc3c(=O)[nH]2)cc2c1OCCO2. The number of hydrogen-bond donors (Lipinski definition) is 1. The summed E-state index contributed by atoms with van der Waals surface area (Å²) in [5, 5.41) is 0.509. The second-order valence-electron chi connectivity index (χ2n) is 8.29. The first kappa shape index (κ1) is 23.2. The molecule has 0 atom stereocenters. The monoisotopic (exact) mass is 483 g/mol. The van der Waals surface area contributed by atoms with Crippen LogP contribution >= 0.6 is 0 Å². The van der Waals surface area contributed by atoms with Crippen LogP contribution in [0.5, 0.6) is 17.2 Å². The van der Waals surface area contributed by atoms with Gasteiger partial charge in [0.05, 0.1) is 24.6 Å². The zero-order chi connectivity index (χ0) is 24.9. The number of benzene rings is 3. The molecule has 0 spiro atoms. The predicted octanol–water partition coefficient (Wildman–Crippen LogP) is 3.95. The van der Waals surface area contributed by atoms with E-state index >= 15 is 0 Å². The first-order chi connectivity index (χ1) is 17.6. The van der Waals surface area contributed by atoms with Crippen LogP contribution in [0.4, 0.5) is 0 Å². The molecule has 182 valence electrons. The number of hydrogen-bond acceptors (Lipinski definition) is 6. The van der Waals surface area contributed by atoms with Crippen molar-refractivity contribution in [1.29, 1.82) is 0 Å². The van der Waals surface area contributed by atoms with Gasteiger partial charge >= 0.3 is 0 Å². The quantitative estimate of drug-likeness (QED) is 0.400. The number of nitrogens with one attached hydrogen (secondary N) is 1. The number of rotatable bonds is 7. The average molecular weight is 484 g/mol. The molecule has 8 heteroatoms. The summed E-state index contributed by atoms with van der Waals surface area (Å²) in [6.07, 6.45) is 3.20. The number of ether oxygens (including phenoxy) is 3. The maximum atomic E-state index is 13.3. The highest BCUT2D eigenvalue weighted by Gasteiger charge is 2.19. The van der Waals surface area contributed by atoms with Crippen molar-refractivity contribution in [1.82, 2.24) is 14.9 Å². The molecule has 3 aromatic carbocycles. The topological polar surface area (TPSA) is 93.8 Å². The highest BCUT2D eigenvalue weighted by atomic mass is 16.6. The third-order valence-electron chi connectivity index (χ3n) is 5.80. The molecule has 36 heavy (non-hydrogen) atoms. The zero-order valence-electron chi connectivity index (χ0n) is 19.8. The van der Waals surface area contributed by atoms with Gasteiger partial charge in [-0.2, -0.15) is 0 Å². The Morgan fingerprint density at radius 1 is 1.06 bits per heavy atom. The molecular weight excluding hydrogens is 458 g/mol. The van der Waals surface area contributed by atoms with Crippen LogP contribution in [-0.2, 0) is 17.9 Å². The fourth-order valence-corrected chi connectivity index (χ4v) is 4.07. The predicted molar refractivity (Wildman–Crippen MR) is 136 cm³/mol. The van der Waals surface area contributed by atoms with E-state index in [9.17, 15) is 9.59 Å². The molecule has 1 aromatic heterocycles. The standard InChI is InChI=1S/C28H25N3O5/c1-34-23-15-20(16-24-27(23)36-14-13-35-24)11-12-26(32)31(17-19-7-3-2-4-8-19)18-25-29-22-10-6-5-9-21(22)28(33)30-25/h2-12,15-16H,13-14,17-18H2,1H3,(H,29,30,33)/b12-11+. The Morgan fingerprint density at radius 2 is 1.83 bits per heavy atom. The van der Waals surface area contributed by atoms with Crippen LogP contribution in [0.1, 0.15) is 17.0 Å². The van der Waals surface area contributed by atoms with Gasteiger partial charge in [-0.25, -0.2) is 4.98 Å². The molecule has 0 aliphatic carbocycles. The number of aromatic nitrogens is 2. The van der Waals surface area contributed by atoms with E-state index in [1.807, 2.05) is 42.5 Å². The minimum atomic E-state index is -0.235. The number of para-hydroxylation sites is 1. The molecule has 0 fully saturated rings. The molecule has 2 heterocycles. The van der Waals surface area contributed by atoms with Crippen LogP contribution in [0.3, 0.4) is 0 Å². The van der Waals surface area contributed by atoms with E-state index in [1.54, 1.807) is 42.4 Å². The molecular formula is C28H25N3O5. The Labute approximate surface area is 207 Å². The molecule has 1 aliphatic heterocycles. The number of amides is 1. The molecule has 0 saturated heterocycles. The van der Waals surface area contributed by atoms with Crippen molar-refractivity contribution < 1.29 is 19.0 Å². The summed E-state index contributed by atoms with van der Waals surface area (Å²) in [6, 6.07) is 20.4. The smallest absolute Gasteiger partial charge is 0.258 e. The number of nitrogens with zero attached hydrogens (tertiary/aromatic N) is 2. The van der Waals surface area contributed by atoms with Gasteiger partial charge in [0.15, 0.2) is 11.5 Å². The second-order valence-corrected chi connectivity index (χ2v) is 8.29. The van der Waals surface area contributed by atoms with E-state index in [4.69, 9.17) is 14.2 Å². The van der Waals surface area contributed by atoms with Gasteiger partial charge in [-0.3, -0.25) is 9.59 Å². The van der Waals surface area contributed by atoms with E-state index in [0.717, 1.165) is 11.1 Å². The Morgan fingerprint density at radius 3 is 2.67 bits per heavy atom. The van der Waals surface area contributed by atoms with Gasteiger partial charge in [0, 0.05) is 12.6 Å². The van der Waals surface area contributed by atoms with Gasteiger partial charge in [0.25, 0.3) is 5.56 Å². The highest BCUT2D eigenvalue weighted by molar-refractivity contribution is 5.92. The minimum Gasteiger partial charge on any atom is -0.493 e. The molecule has 0 unspecified atom stereocenters. The average Bonchev–Trinajstić information content (AvgIpc) is 2.91. The zero-order valence-corrected chi connectivity index (χ0v) is 19.8. The normalized spacial score (nSPS) is 12.6. The van der Waals surface area contributed by atoms with Crippen LogP contribution in [0.15, 0.2) is 77.6 Å². The fraction of sp³-hybridized carbons (Fsp3) is 0.179. The first-order valence-electron chi connectivity index (χ1n) is 11.6. The summed E-state index contributed by atoms with van der Waals surface area (Å²) in [5.74, 6) is 1.86. The molecule has 0 bridgehead atoms. The molecule has 1 N–H and O–H groups in total. The summed E-state index contributed by atoms with van der Waals surface area (Å²) < 4.78 is 16.8. The number of H-pyrrole nitrogens is 1. The molecule has 1 aliphatic rings. The number of methoxy groups -OCH3 is 1. The molecule has 1 amide bonds. The van der Waals surface area contributed by atoms with E-state index in [1.165, 1.54) is 6.08 Å². The number of fused-ring (bicyclic) bond motifs is 2. The van der Waals surface area contributed by atoms with E-state index < -0.39 is 0 Å². The van der Waals surface area contributed by atoms with Crippen molar-refractivity contribution in [3.63, 3.8) is 0 Å². The number of carbonyl (C=O) groups excluding carboxylic acids is 1. The molecule has 0 saturated carbocycles. The summed E-state index contributed by atoms with van der Waals surface area (Å²) in [6.45, 7) is 1.40. The van der Waals surface area contributed by atoms with E-state index in [2.05, 4.69) is 9.97 Å². The lowest BCUT2D eigenvalue weighted by Gasteiger charge is -2.22. The van der Waals surface area contributed by atoms with Crippen LogP contribution in [0.2, 0.25) is 0 Å². The van der Waals surface area contributed by atoms with Crippen molar-refractivity contribution in [3.8, 4) is 17.2 Å². The minimum absolute atomic E-state index is 0.141. The van der Waals surface area contributed by atoms with E-state index in [0.29, 0.717) is 53.7 Å². The van der Waals surface area contributed by atoms with Crippen LogP contribution in [-0.4, -0.2) is 41.1 Å². The first-order valence-corrected chi connectivity index (χ1v) is 11.6. The maximum Gasteiger partial charge on any atom is 0.258 e. The summed E-state index contributed by atoms with van der Waals surface area (Å²) >= 11 is 0. The maximum absolute atomic E-state index is 13.3. The van der Waals surface area contributed by atoms with Gasteiger partial charge in [0.1, 0.15) is 19.0 Å². The van der Waals surface area contributed by atoms with Crippen LogP contribution in [0, 0.1) is 0 Å². The van der Waals surface area contributed by atoms with E-state index in [-0.39, 0.29) is 18.0 Å². The third kappa shape index (κ3) is 5.07. The summed E-state index contributed by atoms with van der Waals surface area (Å²) in [7, 11) is 1.56. The van der Waals surface area contributed by atoms with Gasteiger partial charge in [-0.15, -0.1) is 0 Å². The molecule has 4 aromatic rings. The lowest BCUT2D eigenvalue weighted by Crippen LogP contribution is -2.30. The van der Waals surface area contributed by atoms with Crippen molar-refractivity contribution in [3.05, 3.63) is 100 Å². The Hall–Kier alpha value is -4.59. The Balaban J connectivity index is 1.43. The summed E-state index contributed by atoms with van der Waals surface area (Å²) in [5.41, 5.74) is 2.05. The lowest BCUT2D eigenvalue weighted by atomic mass is 10.1. The lowest BCUT2D eigenvalue weighted by molar-refractivity contribution is -0.127. The van der Waals surface area contributed by atoms with Crippen LogP contribution < -0.4 is 19.8 Å². The number of aromatic amines is 1. The Kier molecular flexibility index (Phi) is 6.66. The van der Waals surface area contributed by atoms with Crippen LogP contribution in [0.25, 0.3) is 17.0 Å². The van der Waals surface area contributed by atoms with Gasteiger partial charge < -0.3 is 24.1 Å². The largest absolute Gasteiger partial charge is 0.493 e. The van der Waals surface area contributed by atoms with Gasteiger partial charge in [0.2, 0.25) is 11.7 Å². The summed E-state index contributed by atoms with van der Waals surface area (Å²) in [4.78, 5) is 34.9. The van der Waals surface area contributed by atoms with Gasteiger partial charge in [-0.1, -0.05) is 42.5 Å². The fourth-order valence-electron chi connectivity index (χ4n) is 4.07. The molecule has 5 rings (SSSR count). The third-order valence-corrected chi connectivity index (χ3v) is 5.80. The van der Waals surface area contributed by atoms with Crippen molar-refractivity contribution in [2.75, 3.05) is 20.3 Å². The van der Waals surface area contributed by atoms with Crippen molar-refractivity contribution in [2.45, 2.75) is 13.1 Å². The highest BCUT2D eigenvalue weighted by Crippen LogP contribution is 2.40. The number of carbonyl (C=O) groups is 1. The van der Waals surface area contributed by atoms with Gasteiger partial charge in [-0.05, 0) is 41.5 Å². The molecule has 8 nitrogen and oxygen atoms in total. The Bertz CT molecular complexity index is 1460. The van der Waals surface area contributed by atoms with Crippen molar-refractivity contribution >= 4 is 22.9 Å².